The van der Waals surface area contributed by atoms with Crippen LogP contribution in [-0.2, 0) is 4.74 Å². The normalized spacial score (nSPS) is 13.3. The van der Waals surface area contributed by atoms with Crippen LogP contribution >= 0.6 is 0 Å². The molecule has 0 aliphatic rings. The maximum Gasteiger partial charge on any atom is 0.411 e. The monoisotopic (exact) mass is 295 g/mol. The molecule has 7 heteroatoms. The van der Waals surface area contributed by atoms with Crippen molar-refractivity contribution in [2.24, 2.45) is 5.73 Å². The summed E-state index contributed by atoms with van der Waals surface area (Å²) in [5.74, 6) is -0.159. The molecule has 0 saturated heterocycles. The Labute approximate surface area is 114 Å². The van der Waals surface area contributed by atoms with Crippen molar-refractivity contribution in [1.29, 1.82) is 0 Å². The number of alkyl halides is 3. The summed E-state index contributed by atoms with van der Waals surface area (Å²) in [4.78, 5) is 0. The predicted octanol–water partition coefficient (Wildman–Crippen LogP) is 3.19. The Balaban J connectivity index is 2.37. The maximum absolute atomic E-state index is 13.1. The second kappa shape index (κ2) is 7.44. The molecule has 0 aliphatic carbocycles. The van der Waals surface area contributed by atoms with E-state index >= 15 is 0 Å². The van der Waals surface area contributed by atoms with E-state index < -0.39 is 18.6 Å². The third-order valence-corrected chi connectivity index (χ3v) is 2.42. The highest BCUT2D eigenvalue weighted by Crippen LogP contribution is 2.25. The van der Waals surface area contributed by atoms with Crippen molar-refractivity contribution in [3.05, 3.63) is 29.6 Å². The van der Waals surface area contributed by atoms with Gasteiger partial charge in [-0.25, -0.2) is 4.39 Å². The number of halogens is 4. The van der Waals surface area contributed by atoms with E-state index in [9.17, 15) is 17.6 Å². The smallest absolute Gasteiger partial charge is 0.411 e. The van der Waals surface area contributed by atoms with E-state index in [1.165, 1.54) is 18.2 Å². The summed E-state index contributed by atoms with van der Waals surface area (Å²) >= 11 is 0. The van der Waals surface area contributed by atoms with Gasteiger partial charge >= 0.3 is 6.18 Å². The van der Waals surface area contributed by atoms with Crippen LogP contribution in [0.2, 0.25) is 0 Å². The van der Waals surface area contributed by atoms with Gasteiger partial charge in [0, 0.05) is 24.1 Å². The van der Waals surface area contributed by atoms with Crippen LogP contribution < -0.4 is 10.5 Å². The molecule has 0 amide bonds. The van der Waals surface area contributed by atoms with Gasteiger partial charge < -0.3 is 15.2 Å². The third-order valence-electron chi connectivity index (χ3n) is 2.42. The molecule has 3 nitrogen and oxygen atoms in total. The molecule has 2 N–H and O–H groups in total. The van der Waals surface area contributed by atoms with Crippen LogP contribution in [0.4, 0.5) is 17.6 Å². The van der Waals surface area contributed by atoms with Crippen LogP contribution in [-0.4, -0.2) is 26.0 Å². The molecule has 20 heavy (non-hydrogen) atoms. The van der Waals surface area contributed by atoms with Gasteiger partial charge in [0.05, 0.1) is 13.2 Å². The second-order valence-electron chi connectivity index (χ2n) is 4.34. The number of hydrogen-bond donors (Lipinski definition) is 1. The summed E-state index contributed by atoms with van der Waals surface area (Å²) in [7, 11) is 0. The molecule has 0 bridgehead atoms. The van der Waals surface area contributed by atoms with Crippen molar-refractivity contribution in [3.63, 3.8) is 0 Å². The van der Waals surface area contributed by atoms with E-state index in [2.05, 4.69) is 4.74 Å². The van der Waals surface area contributed by atoms with Gasteiger partial charge in [0.1, 0.15) is 18.2 Å². The highest BCUT2D eigenvalue weighted by molar-refractivity contribution is 5.36. The molecular formula is C13H17F4NO2. The van der Waals surface area contributed by atoms with Crippen molar-refractivity contribution < 1.29 is 27.0 Å². The fourth-order valence-corrected chi connectivity index (χ4v) is 1.54. The minimum absolute atomic E-state index is 0.0810. The molecule has 0 radical (unpaired) electrons. The number of nitrogens with two attached hydrogens (primary N) is 1. The van der Waals surface area contributed by atoms with Gasteiger partial charge in [0.25, 0.3) is 0 Å². The molecule has 0 heterocycles. The van der Waals surface area contributed by atoms with Gasteiger partial charge in [-0.15, -0.1) is 0 Å². The van der Waals surface area contributed by atoms with Crippen molar-refractivity contribution in [2.75, 3.05) is 19.8 Å². The van der Waals surface area contributed by atoms with Gasteiger partial charge in [0.2, 0.25) is 0 Å². The summed E-state index contributed by atoms with van der Waals surface area (Å²) in [5.41, 5.74) is 6.35. The quantitative estimate of drug-likeness (QED) is 0.620. The molecule has 1 unspecified atom stereocenters. The molecule has 1 aromatic carbocycles. The highest BCUT2D eigenvalue weighted by Gasteiger charge is 2.27. The van der Waals surface area contributed by atoms with E-state index in [-0.39, 0.29) is 25.7 Å². The Kier molecular flexibility index (Phi) is 6.22. The van der Waals surface area contributed by atoms with E-state index in [1.807, 2.05) is 0 Å². The topological polar surface area (TPSA) is 44.5 Å². The summed E-state index contributed by atoms with van der Waals surface area (Å²) < 4.78 is 58.3. The van der Waals surface area contributed by atoms with E-state index in [4.69, 9.17) is 10.5 Å². The molecular weight excluding hydrogens is 278 g/mol. The first-order chi connectivity index (χ1) is 9.29. The van der Waals surface area contributed by atoms with Gasteiger partial charge in [0.15, 0.2) is 0 Å². The van der Waals surface area contributed by atoms with Crippen LogP contribution in [0.5, 0.6) is 5.75 Å². The van der Waals surface area contributed by atoms with Gasteiger partial charge in [-0.1, -0.05) is 6.07 Å². The average molecular weight is 295 g/mol. The van der Waals surface area contributed by atoms with Crippen molar-refractivity contribution in [3.8, 4) is 5.75 Å². The zero-order valence-corrected chi connectivity index (χ0v) is 11.0. The zero-order chi connectivity index (χ0) is 15.2. The minimum atomic E-state index is -4.33. The van der Waals surface area contributed by atoms with E-state index in [1.54, 1.807) is 6.92 Å². The molecule has 1 atom stereocenters. The lowest BCUT2D eigenvalue weighted by Crippen LogP contribution is -2.18. The lowest BCUT2D eigenvalue weighted by Gasteiger charge is -2.14. The van der Waals surface area contributed by atoms with Crippen molar-refractivity contribution >= 4 is 0 Å². The van der Waals surface area contributed by atoms with Crippen LogP contribution in [0, 0.1) is 5.82 Å². The number of rotatable bonds is 7. The van der Waals surface area contributed by atoms with Gasteiger partial charge in [-0.2, -0.15) is 13.2 Å². The molecule has 0 aromatic heterocycles. The molecule has 0 fully saturated rings. The minimum Gasteiger partial charge on any atom is -0.493 e. The summed E-state index contributed by atoms with van der Waals surface area (Å²) in [6.07, 6.45) is -4.06. The van der Waals surface area contributed by atoms with E-state index in [0.717, 1.165) is 0 Å². The van der Waals surface area contributed by atoms with Crippen LogP contribution in [0.1, 0.15) is 24.9 Å². The molecule has 0 spiro atoms. The van der Waals surface area contributed by atoms with Gasteiger partial charge in [-0.05, 0) is 13.0 Å². The maximum atomic E-state index is 13.1. The number of benzene rings is 1. The predicted molar refractivity (Wildman–Crippen MR) is 66.0 cm³/mol. The summed E-state index contributed by atoms with van der Waals surface area (Å²) in [6.45, 7) is 0.494. The van der Waals surface area contributed by atoms with Crippen LogP contribution in [0.3, 0.4) is 0 Å². The lowest BCUT2D eigenvalue weighted by atomic mass is 10.1. The standard InChI is InChI=1S/C13H17F4NO2/c1-9(18)11-4-3-10(14)7-12(11)20-6-2-5-19-8-13(15,16)17/h3-4,7,9H,2,5-6,8,18H2,1H3. The largest absolute Gasteiger partial charge is 0.493 e. The number of ether oxygens (including phenoxy) is 2. The van der Waals surface area contributed by atoms with Crippen LogP contribution in [0.25, 0.3) is 0 Å². The first-order valence-corrected chi connectivity index (χ1v) is 6.12. The fraction of sp³-hybridized carbons (Fsp3) is 0.538. The van der Waals surface area contributed by atoms with Gasteiger partial charge in [-0.3, -0.25) is 0 Å². The Morgan fingerprint density at radius 3 is 2.55 bits per heavy atom. The first kappa shape index (κ1) is 16.7. The Morgan fingerprint density at radius 2 is 1.95 bits per heavy atom. The third kappa shape index (κ3) is 6.21. The van der Waals surface area contributed by atoms with Crippen molar-refractivity contribution in [1.82, 2.24) is 0 Å². The lowest BCUT2D eigenvalue weighted by molar-refractivity contribution is -0.174. The first-order valence-electron chi connectivity index (χ1n) is 6.12. The average Bonchev–Trinajstić information content (AvgIpc) is 2.32. The number of hydrogen-bond acceptors (Lipinski definition) is 3. The summed E-state index contributed by atoms with van der Waals surface area (Å²) in [5, 5.41) is 0. The fourth-order valence-electron chi connectivity index (χ4n) is 1.54. The second-order valence-corrected chi connectivity index (χ2v) is 4.34. The highest BCUT2D eigenvalue weighted by atomic mass is 19.4. The molecule has 0 aliphatic heterocycles. The SMILES string of the molecule is CC(N)c1ccc(F)cc1OCCCOCC(F)(F)F. The van der Waals surface area contributed by atoms with Crippen LogP contribution in [0.15, 0.2) is 18.2 Å². The molecule has 114 valence electrons. The van der Waals surface area contributed by atoms with Crippen molar-refractivity contribution in [2.45, 2.75) is 25.6 Å². The zero-order valence-electron chi connectivity index (χ0n) is 11.0. The van der Waals surface area contributed by atoms with E-state index in [0.29, 0.717) is 11.3 Å². The summed E-state index contributed by atoms with van der Waals surface area (Å²) in [6, 6.07) is 3.68. The molecule has 1 aromatic rings. The molecule has 1 rings (SSSR count). The Morgan fingerprint density at radius 1 is 1.25 bits per heavy atom. The molecule has 0 saturated carbocycles. The Hall–Kier alpha value is -1.34. The Bertz CT molecular complexity index is 421.